The topological polar surface area (TPSA) is 64.9 Å². The lowest BCUT2D eigenvalue weighted by Gasteiger charge is -2.07. The van der Waals surface area contributed by atoms with Crippen LogP contribution in [-0.4, -0.2) is 26.3 Å². The van der Waals surface area contributed by atoms with Crippen molar-refractivity contribution in [3.8, 4) is 11.6 Å². The predicted octanol–water partition coefficient (Wildman–Crippen LogP) is 2.62. The zero-order valence-corrected chi connectivity index (χ0v) is 11.6. The number of hydrogen-bond acceptors (Lipinski definition) is 5. The molecule has 2 rings (SSSR count). The van der Waals surface area contributed by atoms with Crippen molar-refractivity contribution in [1.29, 1.82) is 0 Å². The van der Waals surface area contributed by atoms with Gasteiger partial charge in [0.25, 0.3) is 0 Å². The number of aryl methyl sites for hydroxylation is 2. The standard InChI is InChI=1S/C13H19N5O/c1-4-6-14-13-16-10(3)7-12(17-13)19-11-8-15-18(5-2)9-11/h7-9H,4-6H2,1-3H3,(H,14,16,17). The smallest absolute Gasteiger partial charge is 0.226 e. The van der Waals surface area contributed by atoms with Crippen LogP contribution in [0.2, 0.25) is 0 Å². The van der Waals surface area contributed by atoms with Crippen molar-refractivity contribution in [2.75, 3.05) is 11.9 Å². The molecule has 0 fully saturated rings. The summed E-state index contributed by atoms with van der Waals surface area (Å²) in [6.07, 6.45) is 4.55. The van der Waals surface area contributed by atoms with Gasteiger partial charge in [0.2, 0.25) is 11.8 Å². The molecule has 102 valence electrons. The highest BCUT2D eigenvalue weighted by atomic mass is 16.5. The SMILES string of the molecule is CCCNc1nc(C)cc(Oc2cnn(CC)c2)n1. The van der Waals surface area contributed by atoms with Gasteiger partial charge in [-0.15, -0.1) is 0 Å². The molecule has 0 bridgehead atoms. The zero-order valence-electron chi connectivity index (χ0n) is 11.6. The Bertz CT molecular complexity index is 538. The average Bonchev–Trinajstić information content (AvgIpc) is 2.83. The molecule has 0 spiro atoms. The minimum Gasteiger partial charge on any atom is -0.436 e. The van der Waals surface area contributed by atoms with E-state index in [1.165, 1.54) is 0 Å². The van der Waals surface area contributed by atoms with Gasteiger partial charge in [-0.1, -0.05) is 6.92 Å². The highest BCUT2D eigenvalue weighted by molar-refractivity contribution is 5.32. The van der Waals surface area contributed by atoms with Crippen molar-refractivity contribution in [3.05, 3.63) is 24.2 Å². The second-order valence-electron chi connectivity index (χ2n) is 4.23. The Balaban J connectivity index is 2.12. The summed E-state index contributed by atoms with van der Waals surface area (Å²) in [6.45, 7) is 7.70. The van der Waals surface area contributed by atoms with Crippen molar-refractivity contribution in [2.45, 2.75) is 33.7 Å². The monoisotopic (exact) mass is 261 g/mol. The fraction of sp³-hybridized carbons (Fsp3) is 0.462. The van der Waals surface area contributed by atoms with E-state index in [0.717, 1.165) is 25.2 Å². The van der Waals surface area contributed by atoms with Crippen LogP contribution in [-0.2, 0) is 6.54 Å². The number of rotatable bonds is 6. The molecule has 0 unspecified atom stereocenters. The number of nitrogens with one attached hydrogen (secondary N) is 1. The molecule has 2 aromatic heterocycles. The first-order valence-electron chi connectivity index (χ1n) is 6.51. The summed E-state index contributed by atoms with van der Waals surface area (Å²) in [5.41, 5.74) is 0.867. The predicted molar refractivity (Wildman–Crippen MR) is 73.5 cm³/mol. The lowest BCUT2D eigenvalue weighted by atomic mass is 10.4. The quantitative estimate of drug-likeness (QED) is 0.866. The van der Waals surface area contributed by atoms with Gasteiger partial charge in [0.05, 0.1) is 12.4 Å². The lowest BCUT2D eigenvalue weighted by Crippen LogP contribution is -2.05. The largest absolute Gasteiger partial charge is 0.436 e. The van der Waals surface area contributed by atoms with Gasteiger partial charge in [-0.2, -0.15) is 10.1 Å². The van der Waals surface area contributed by atoms with Crippen LogP contribution in [0.1, 0.15) is 26.0 Å². The summed E-state index contributed by atoms with van der Waals surface area (Å²) in [6, 6.07) is 1.81. The maximum absolute atomic E-state index is 5.69. The number of aromatic nitrogens is 4. The molecule has 0 aliphatic heterocycles. The molecule has 0 amide bonds. The van der Waals surface area contributed by atoms with Gasteiger partial charge in [0, 0.05) is 24.8 Å². The minimum atomic E-state index is 0.529. The van der Waals surface area contributed by atoms with Crippen LogP contribution >= 0.6 is 0 Å². The van der Waals surface area contributed by atoms with Crippen LogP contribution in [0.5, 0.6) is 11.6 Å². The summed E-state index contributed by atoms with van der Waals surface area (Å²) < 4.78 is 7.49. The summed E-state index contributed by atoms with van der Waals surface area (Å²) in [5.74, 6) is 1.81. The van der Waals surface area contributed by atoms with E-state index in [9.17, 15) is 0 Å². The van der Waals surface area contributed by atoms with Gasteiger partial charge < -0.3 is 10.1 Å². The second-order valence-corrected chi connectivity index (χ2v) is 4.23. The highest BCUT2D eigenvalue weighted by Gasteiger charge is 2.05. The van der Waals surface area contributed by atoms with E-state index in [2.05, 4.69) is 27.3 Å². The van der Waals surface area contributed by atoms with Crippen LogP contribution in [0.25, 0.3) is 0 Å². The maximum atomic E-state index is 5.69. The molecule has 2 heterocycles. The molecule has 0 atom stereocenters. The molecule has 2 aromatic rings. The Morgan fingerprint density at radius 2 is 2.16 bits per heavy atom. The highest BCUT2D eigenvalue weighted by Crippen LogP contribution is 2.20. The van der Waals surface area contributed by atoms with Crippen LogP contribution < -0.4 is 10.1 Å². The first-order chi connectivity index (χ1) is 9.21. The van der Waals surface area contributed by atoms with Gasteiger partial charge >= 0.3 is 0 Å². The summed E-state index contributed by atoms with van der Waals surface area (Å²) in [7, 11) is 0. The number of hydrogen-bond donors (Lipinski definition) is 1. The van der Waals surface area contributed by atoms with Gasteiger partial charge in [-0.25, -0.2) is 4.98 Å². The van der Waals surface area contributed by atoms with Crippen LogP contribution in [0.4, 0.5) is 5.95 Å². The molecule has 0 saturated carbocycles. The van der Waals surface area contributed by atoms with Crippen LogP contribution in [0.3, 0.4) is 0 Å². The summed E-state index contributed by atoms with van der Waals surface area (Å²) >= 11 is 0. The van der Waals surface area contributed by atoms with Crippen molar-refractivity contribution in [1.82, 2.24) is 19.7 Å². The van der Waals surface area contributed by atoms with Gasteiger partial charge in [0.15, 0.2) is 5.75 Å². The maximum Gasteiger partial charge on any atom is 0.226 e. The van der Waals surface area contributed by atoms with E-state index in [1.807, 2.05) is 20.0 Å². The summed E-state index contributed by atoms with van der Waals surface area (Å²) in [5, 5.41) is 7.31. The fourth-order valence-corrected chi connectivity index (χ4v) is 1.60. The molecule has 0 aliphatic carbocycles. The molecule has 19 heavy (non-hydrogen) atoms. The molecule has 6 nitrogen and oxygen atoms in total. The van der Waals surface area contributed by atoms with Crippen molar-refractivity contribution < 1.29 is 4.74 Å². The normalized spacial score (nSPS) is 10.5. The molecule has 0 saturated heterocycles. The lowest BCUT2D eigenvalue weighted by molar-refractivity contribution is 0.460. The van der Waals surface area contributed by atoms with E-state index < -0.39 is 0 Å². The minimum absolute atomic E-state index is 0.529. The van der Waals surface area contributed by atoms with Crippen molar-refractivity contribution in [3.63, 3.8) is 0 Å². The van der Waals surface area contributed by atoms with E-state index in [0.29, 0.717) is 17.6 Å². The number of nitrogens with zero attached hydrogens (tertiary/aromatic N) is 4. The molecule has 1 N–H and O–H groups in total. The van der Waals surface area contributed by atoms with E-state index in [4.69, 9.17) is 4.74 Å². The van der Waals surface area contributed by atoms with E-state index in [-0.39, 0.29) is 0 Å². The Morgan fingerprint density at radius 3 is 2.84 bits per heavy atom. The third kappa shape index (κ3) is 3.67. The van der Waals surface area contributed by atoms with Gasteiger partial charge in [0.1, 0.15) is 0 Å². The first-order valence-corrected chi connectivity index (χ1v) is 6.51. The molecule has 0 aromatic carbocycles. The van der Waals surface area contributed by atoms with Crippen LogP contribution in [0, 0.1) is 6.92 Å². The van der Waals surface area contributed by atoms with Gasteiger partial charge in [-0.3, -0.25) is 4.68 Å². The summed E-state index contributed by atoms with van der Waals surface area (Å²) in [4.78, 5) is 8.63. The van der Waals surface area contributed by atoms with Crippen molar-refractivity contribution >= 4 is 5.95 Å². The average molecular weight is 261 g/mol. The second kappa shape index (κ2) is 6.17. The molecule has 0 radical (unpaired) electrons. The molecule has 6 heteroatoms. The third-order valence-electron chi connectivity index (χ3n) is 2.52. The third-order valence-corrected chi connectivity index (χ3v) is 2.52. The number of anilines is 1. The Kier molecular flexibility index (Phi) is 4.33. The first kappa shape index (κ1) is 13.3. The Labute approximate surface area is 112 Å². The molecular formula is C13H19N5O. The molecular weight excluding hydrogens is 242 g/mol. The van der Waals surface area contributed by atoms with Gasteiger partial charge in [-0.05, 0) is 20.3 Å². The Hall–Kier alpha value is -2.11. The fourth-order valence-electron chi connectivity index (χ4n) is 1.60. The number of ether oxygens (including phenoxy) is 1. The van der Waals surface area contributed by atoms with Crippen LogP contribution in [0.15, 0.2) is 18.5 Å². The molecule has 0 aliphatic rings. The Morgan fingerprint density at radius 1 is 1.32 bits per heavy atom. The zero-order chi connectivity index (χ0) is 13.7. The van der Waals surface area contributed by atoms with E-state index in [1.54, 1.807) is 16.9 Å². The van der Waals surface area contributed by atoms with E-state index >= 15 is 0 Å². The van der Waals surface area contributed by atoms with Crippen molar-refractivity contribution in [2.24, 2.45) is 0 Å².